The van der Waals surface area contributed by atoms with Crippen LogP contribution < -0.4 is 10.5 Å². The highest BCUT2D eigenvalue weighted by Gasteiger charge is 2.15. The van der Waals surface area contributed by atoms with Crippen LogP contribution in [-0.4, -0.2) is 33.6 Å². The van der Waals surface area contributed by atoms with Crippen molar-refractivity contribution in [3.63, 3.8) is 0 Å². The van der Waals surface area contributed by atoms with E-state index in [1.807, 2.05) is 19.0 Å². The van der Waals surface area contributed by atoms with Crippen molar-refractivity contribution in [3.05, 3.63) is 82.7 Å². The molecular weight excluding hydrogens is 376 g/mol. The van der Waals surface area contributed by atoms with Gasteiger partial charge in [-0.15, -0.1) is 0 Å². The molecule has 29 heavy (non-hydrogen) atoms. The van der Waals surface area contributed by atoms with Gasteiger partial charge in [0.05, 0.1) is 11.9 Å². The summed E-state index contributed by atoms with van der Waals surface area (Å²) in [5.41, 5.74) is 0.636. The molecule has 0 aliphatic carbocycles. The number of rotatable bonds is 4. The number of benzene rings is 1. The van der Waals surface area contributed by atoms with Gasteiger partial charge in [-0.2, -0.15) is 0 Å². The first kappa shape index (κ1) is 18.7. The van der Waals surface area contributed by atoms with Crippen LogP contribution in [0.5, 0.6) is 0 Å². The third kappa shape index (κ3) is 3.56. The quantitative estimate of drug-likeness (QED) is 0.533. The molecule has 0 unspecified atom stereocenters. The average molecular weight is 393 g/mol. The first-order valence-corrected chi connectivity index (χ1v) is 8.86. The Hall–Kier alpha value is -3.68. The Kier molecular flexibility index (Phi) is 4.75. The van der Waals surface area contributed by atoms with E-state index in [0.717, 1.165) is 5.82 Å². The van der Waals surface area contributed by atoms with Crippen LogP contribution in [-0.2, 0) is 6.54 Å². The molecule has 0 aliphatic rings. The van der Waals surface area contributed by atoms with Crippen LogP contribution in [0.15, 0.2) is 59.9 Å². The minimum atomic E-state index is -0.741. The highest BCUT2D eigenvalue weighted by molar-refractivity contribution is 5.72. The standard InChI is InChI=1S/C21H17F2N5O/c1-27(2)19-6-5-13(10-25-19)14-8-17(22)16(18(23)9-14)11-28-12-26-20-15(21(28)29)4-3-7-24-20/h3-10,12H,11H2,1-2H3. The van der Waals surface area contributed by atoms with Gasteiger partial charge in [-0.05, 0) is 42.0 Å². The molecule has 1 aromatic carbocycles. The number of anilines is 1. The Balaban J connectivity index is 1.69. The first-order chi connectivity index (χ1) is 13.9. The second-order valence-corrected chi connectivity index (χ2v) is 6.77. The van der Waals surface area contributed by atoms with Gasteiger partial charge in [0.25, 0.3) is 5.56 Å². The normalized spacial score (nSPS) is 11.0. The molecular formula is C21H17F2N5O. The van der Waals surface area contributed by atoms with E-state index in [0.29, 0.717) is 22.2 Å². The predicted molar refractivity (Wildman–Crippen MR) is 107 cm³/mol. The Morgan fingerprint density at radius 2 is 1.76 bits per heavy atom. The van der Waals surface area contributed by atoms with Crippen molar-refractivity contribution in [3.8, 4) is 11.1 Å². The molecule has 146 valence electrons. The van der Waals surface area contributed by atoms with Crippen LogP contribution in [0.3, 0.4) is 0 Å². The smallest absolute Gasteiger partial charge is 0.263 e. The molecule has 3 heterocycles. The van der Waals surface area contributed by atoms with Crippen molar-refractivity contribution in [1.29, 1.82) is 0 Å². The van der Waals surface area contributed by atoms with E-state index in [9.17, 15) is 13.6 Å². The van der Waals surface area contributed by atoms with E-state index < -0.39 is 17.2 Å². The molecule has 0 fully saturated rings. The largest absolute Gasteiger partial charge is 0.363 e. The minimum absolute atomic E-state index is 0.209. The SMILES string of the molecule is CN(C)c1ccc(-c2cc(F)c(Cn3cnc4ncccc4c3=O)c(F)c2)cn1. The summed E-state index contributed by atoms with van der Waals surface area (Å²) in [7, 11) is 3.71. The number of fused-ring (bicyclic) bond motifs is 1. The molecule has 0 saturated heterocycles. The Labute approximate surface area is 165 Å². The van der Waals surface area contributed by atoms with E-state index in [1.165, 1.54) is 29.2 Å². The summed E-state index contributed by atoms with van der Waals surface area (Å²) in [6.07, 6.45) is 4.33. The zero-order valence-electron chi connectivity index (χ0n) is 15.8. The number of aromatic nitrogens is 4. The fourth-order valence-corrected chi connectivity index (χ4v) is 3.02. The number of hydrogen-bond donors (Lipinski definition) is 0. The predicted octanol–water partition coefficient (Wildman–Crippen LogP) is 3.25. The summed E-state index contributed by atoms with van der Waals surface area (Å²) < 4.78 is 30.6. The van der Waals surface area contributed by atoms with Crippen LogP contribution >= 0.6 is 0 Å². The van der Waals surface area contributed by atoms with Gasteiger partial charge in [0.15, 0.2) is 5.65 Å². The van der Waals surface area contributed by atoms with Gasteiger partial charge < -0.3 is 4.90 Å². The van der Waals surface area contributed by atoms with Gasteiger partial charge >= 0.3 is 0 Å². The molecule has 0 radical (unpaired) electrons. The maximum atomic E-state index is 14.7. The first-order valence-electron chi connectivity index (χ1n) is 8.86. The van der Waals surface area contributed by atoms with Crippen LogP contribution in [0.4, 0.5) is 14.6 Å². The third-order valence-corrected chi connectivity index (χ3v) is 4.61. The lowest BCUT2D eigenvalue weighted by atomic mass is 10.0. The lowest BCUT2D eigenvalue weighted by molar-refractivity contribution is 0.541. The van der Waals surface area contributed by atoms with Crippen LogP contribution in [0.1, 0.15) is 5.56 Å². The summed E-state index contributed by atoms with van der Waals surface area (Å²) in [6, 6.07) is 9.20. The van der Waals surface area contributed by atoms with E-state index in [-0.39, 0.29) is 12.1 Å². The molecule has 4 aromatic rings. The second-order valence-electron chi connectivity index (χ2n) is 6.77. The van der Waals surface area contributed by atoms with Gasteiger partial charge in [-0.1, -0.05) is 0 Å². The van der Waals surface area contributed by atoms with Crippen LogP contribution in [0.2, 0.25) is 0 Å². The highest BCUT2D eigenvalue weighted by atomic mass is 19.1. The highest BCUT2D eigenvalue weighted by Crippen LogP contribution is 2.25. The molecule has 0 aliphatic heterocycles. The van der Waals surface area contributed by atoms with Gasteiger partial charge in [0.2, 0.25) is 0 Å². The van der Waals surface area contributed by atoms with Gasteiger partial charge in [0.1, 0.15) is 23.8 Å². The summed E-state index contributed by atoms with van der Waals surface area (Å²) in [6.45, 7) is -0.271. The van der Waals surface area contributed by atoms with Crippen molar-refractivity contribution in [2.45, 2.75) is 6.54 Å². The topological polar surface area (TPSA) is 63.9 Å². The lowest BCUT2D eigenvalue weighted by Gasteiger charge is -2.13. The number of halogens is 2. The van der Waals surface area contributed by atoms with E-state index in [2.05, 4.69) is 15.0 Å². The third-order valence-electron chi connectivity index (χ3n) is 4.61. The average Bonchev–Trinajstić information content (AvgIpc) is 2.72. The maximum absolute atomic E-state index is 14.7. The van der Waals surface area contributed by atoms with Gasteiger partial charge in [0, 0.05) is 37.6 Å². The van der Waals surface area contributed by atoms with Crippen LogP contribution in [0.25, 0.3) is 22.2 Å². The molecule has 0 spiro atoms. The second kappa shape index (κ2) is 7.38. The molecule has 0 bridgehead atoms. The fourth-order valence-electron chi connectivity index (χ4n) is 3.02. The number of hydrogen-bond acceptors (Lipinski definition) is 5. The fraction of sp³-hybridized carbons (Fsp3) is 0.143. The number of pyridine rings is 2. The van der Waals surface area contributed by atoms with Crippen molar-refractivity contribution >= 4 is 16.9 Å². The van der Waals surface area contributed by atoms with E-state index >= 15 is 0 Å². The van der Waals surface area contributed by atoms with Gasteiger partial charge in [-0.25, -0.2) is 23.7 Å². The molecule has 0 N–H and O–H groups in total. The van der Waals surface area contributed by atoms with E-state index in [1.54, 1.807) is 30.5 Å². The van der Waals surface area contributed by atoms with Crippen molar-refractivity contribution < 1.29 is 8.78 Å². The summed E-state index contributed by atoms with van der Waals surface area (Å²) in [4.78, 5) is 26.7. The summed E-state index contributed by atoms with van der Waals surface area (Å²) in [5, 5.41) is 0.291. The molecule has 0 saturated carbocycles. The minimum Gasteiger partial charge on any atom is -0.363 e. The zero-order chi connectivity index (χ0) is 20.5. The Bertz CT molecular complexity index is 1230. The van der Waals surface area contributed by atoms with Crippen molar-refractivity contribution in [2.75, 3.05) is 19.0 Å². The zero-order valence-corrected chi connectivity index (χ0v) is 15.8. The summed E-state index contributed by atoms with van der Waals surface area (Å²) >= 11 is 0. The van der Waals surface area contributed by atoms with Gasteiger partial charge in [-0.3, -0.25) is 9.36 Å². The molecule has 3 aromatic heterocycles. The molecule has 0 atom stereocenters. The monoisotopic (exact) mass is 393 g/mol. The lowest BCUT2D eigenvalue weighted by Crippen LogP contribution is -2.22. The molecule has 8 heteroatoms. The number of nitrogens with zero attached hydrogens (tertiary/aromatic N) is 5. The molecule has 0 amide bonds. The van der Waals surface area contributed by atoms with Crippen molar-refractivity contribution in [2.24, 2.45) is 0 Å². The molecule has 4 rings (SSSR count). The Morgan fingerprint density at radius 1 is 1.00 bits per heavy atom. The maximum Gasteiger partial charge on any atom is 0.263 e. The molecule has 6 nitrogen and oxygen atoms in total. The van der Waals surface area contributed by atoms with Crippen molar-refractivity contribution in [1.82, 2.24) is 19.5 Å². The Morgan fingerprint density at radius 3 is 2.41 bits per heavy atom. The van der Waals surface area contributed by atoms with Crippen LogP contribution in [0, 0.1) is 11.6 Å². The van der Waals surface area contributed by atoms with E-state index in [4.69, 9.17) is 0 Å². The summed E-state index contributed by atoms with van der Waals surface area (Å²) in [5.74, 6) is -0.742.